The molecule has 2 rings (SSSR count). The van der Waals surface area contributed by atoms with E-state index in [1.165, 1.54) is 0 Å². The first-order valence-electron chi connectivity index (χ1n) is 4.88. The molecule has 16 heavy (non-hydrogen) atoms. The molecule has 0 atom stereocenters. The molecule has 1 aromatic carbocycles. The molecular weight excluding hydrogens is 266 g/mol. The molecule has 0 aliphatic carbocycles. The summed E-state index contributed by atoms with van der Waals surface area (Å²) >= 11 is 3.35. The maximum atomic E-state index is 11.8. The molecule has 0 radical (unpaired) electrons. The van der Waals surface area contributed by atoms with E-state index in [0.717, 1.165) is 10.2 Å². The summed E-state index contributed by atoms with van der Waals surface area (Å²) in [6, 6.07) is 11.2. The highest BCUT2D eigenvalue weighted by Gasteiger charge is 2.04. The van der Waals surface area contributed by atoms with Gasteiger partial charge in [0.25, 0.3) is 0 Å². The third kappa shape index (κ3) is 2.49. The molecule has 0 aliphatic rings. The van der Waals surface area contributed by atoms with Crippen molar-refractivity contribution in [1.29, 1.82) is 0 Å². The van der Waals surface area contributed by atoms with E-state index < -0.39 is 0 Å². The van der Waals surface area contributed by atoms with Gasteiger partial charge in [0, 0.05) is 21.9 Å². The smallest absolute Gasteiger partial charge is 0.187 e. The molecule has 2 aromatic rings. The Kier molecular flexibility index (Phi) is 3.37. The van der Waals surface area contributed by atoms with Crippen molar-refractivity contribution in [2.24, 2.45) is 0 Å². The van der Waals surface area contributed by atoms with Crippen molar-refractivity contribution >= 4 is 27.8 Å². The van der Waals surface area contributed by atoms with E-state index in [-0.39, 0.29) is 5.78 Å². The summed E-state index contributed by atoms with van der Waals surface area (Å²) in [7, 11) is 0. The summed E-state index contributed by atoms with van der Waals surface area (Å²) in [5, 5.41) is 0. The lowest BCUT2D eigenvalue weighted by Gasteiger charge is -1.98. The highest BCUT2D eigenvalue weighted by Crippen LogP contribution is 2.17. The average Bonchev–Trinajstić information content (AvgIpc) is 2.79. The van der Waals surface area contributed by atoms with E-state index in [4.69, 9.17) is 0 Å². The van der Waals surface area contributed by atoms with Crippen LogP contribution in [0.4, 0.5) is 0 Å². The minimum absolute atomic E-state index is 0.0120. The van der Waals surface area contributed by atoms with E-state index in [2.05, 4.69) is 20.9 Å². The van der Waals surface area contributed by atoms with Crippen molar-refractivity contribution in [3.05, 3.63) is 64.4 Å². The lowest BCUT2D eigenvalue weighted by atomic mass is 10.1. The fraction of sp³-hybridized carbons (Fsp3) is 0. The van der Waals surface area contributed by atoms with E-state index in [1.807, 2.05) is 36.5 Å². The fourth-order valence-corrected chi connectivity index (χ4v) is 1.84. The quantitative estimate of drug-likeness (QED) is 0.673. The second-order valence-electron chi connectivity index (χ2n) is 3.30. The monoisotopic (exact) mass is 275 g/mol. The number of H-pyrrole nitrogens is 1. The summed E-state index contributed by atoms with van der Waals surface area (Å²) in [5.41, 5.74) is 1.59. The van der Waals surface area contributed by atoms with Crippen molar-refractivity contribution in [3.63, 3.8) is 0 Å². The molecule has 1 heterocycles. The predicted octanol–water partition coefficient (Wildman–Crippen LogP) is 3.67. The standard InChI is InChI=1S/C13H10BrNO/c14-12-6-2-1-5-11(12)13(16)8-7-10-4-3-9-15-10/h1-9,15H/b8-7+. The van der Waals surface area contributed by atoms with Crippen LogP contribution in [0.3, 0.4) is 0 Å². The molecule has 0 saturated carbocycles. The Balaban J connectivity index is 2.18. The minimum atomic E-state index is -0.0120. The fourth-order valence-electron chi connectivity index (χ4n) is 1.36. The van der Waals surface area contributed by atoms with Crippen LogP contribution in [0.25, 0.3) is 6.08 Å². The van der Waals surface area contributed by atoms with Crippen LogP contribution in [-0.2, 0) is 0 Å². The predicted molar refractivity (Wildman–Crippen MR) is 68.3 cm³/mol. The Morgan fingerprint density at radius 1 is 1.19 bits per heavy atom. The number of carbonyl (C=O) groups is 1. The maximum Gasteiger partial charge on any atom is 0.187 e. The second-order valence-corrected chi connectivity index (χ2v) is 4.16. The molecule has 0 amide bonds. The molecule has 2 nitrogen and oxygen atoms in total. The molecule has 0 fully saturated rings. The van der Waals surface area contributed by atoms with Crippen molar-refractivity contribution in [1.82, 2.24) is 4.98 Å². The summed E-state index contributed by atoms with van der Waals surface area (Å²) in [5.74, 6) is -0.0120. The van der Waals surface area contributed by atoms with Gasteiger partial charge in [-0.2, -0.15) is 0 Å². The van der Waals surface area contributed by atoms with Crippen molar-refractivity contribution in [2.75, 3.05) is 0 Å². The van der Waals surface area contributed by atoms with E-state index >= 15 is 0 Å². The first-order valence-corrected chi connectivity index (χ1v) is 5.67. The third-order valence-electron chi connectivity index (χ3n) is 2.18. The average molecular weight is 276 g/mol. The Morgan fingerprint density at radius 3 is 2.69 bits per heavy atom. The molecular formula is C13H10BrNO. The Hall–Kier alpha value is -1.61. The zero-order valence-electron chi connectivity index (χ0n) is 8.48. The Morgan fingerprint density at radius 2 is 2.00 bits per heavy atom. The first kappa shape index (κ1) is 10.9. The van der Waals surface area contributed by atoms with Gasteiger partial charge in [-0.1, -0.05) is 28.1 Å². The molecule has 0 spiro atoms. The topological polar surface area (TPSA) is 32.9 Å². The van der Waals surface area contributed by atoms with Crippen LogP contribution < -0.4 is 0 Å². The number of carbonyl (C=O) groups excluding carboxylic acids is 1. The third-order valence-corrected chi connectivity index (χ3v) is 2.87. The van der Waals surface area contributed by atoms with Crippen LogP contribution in [-0.4, -0.2) is 10.8 Å². The zero-order chi connectivity index (χ0) is 11.4. The largest absolute Gasteiger partial charge is 0.362 e. The normalized spacial score (nSPS) is 10.8. The van der Waals surface area contributed by atoms with Crippen LogP contribution in [0.15, 0.2) is 53.1 Å². The highest BCUT2D eigenvalue weighted by molar-refractivity contribution is 9.10. The number of aromatic nitrogens is 1. The molecule has 1 aromatic heterocycles. The Labute approximate surface area is 102 Å². The van der Waals surface area contributed by atoms with Crippen molar-refractivity contribution in [2.45, 2.75) is 0 Å². The van der Waals surface area contributed by atoms with Gasteiger partial charge in [0.05, 0.1) is 0 Å². The molecule has 3 heteroatoms. The second kappa shape index (κ2) is 4.94. The van der Waals surface area contributed by atoms with Gasteiger partial charge in [0.1, 0.15) is 0 Å². The molecule has 0 unspecified atom stereocenters. The number of hydrogen-bond acceptors (Lipinski definition) is 1. The van der Waals surface area contributed by atoms with E-state index in [0.29, 0.717) is 5.56 Å². The summed E-state index contributed by atoms with van der Waals surface area (Å²) in [6.45, 7) is 0. The molecule has 0 aliphatic heterocycles. The van der Waals surface area contributed by atoms with Gasteiger partial charge in [-0.15, -0.1) is 0 Å². The SMILES string of the molecule is O=C(/C=C/c1ccc[nH]1)c1ccccc1Br. The molecule has 0 saturated heterocycles. The van der Waals surface area contributed by atoms with Crippen molar-refractivity contribution in [3.8, 4) is 0 Å². The van der Waals surface area contributed by atoms with E-state index in [1.54, 1.807) is 18.2 Å². The van der Waals surface area contributed by atoms with Crippen molar-refractivity contribution < 1.29 is 4.79 Å². The number of ketones is 1. The van der Waals surface area contributed by atoms with Gasteiger partial charge in [-0.25, -0.2) is 0 Å². The van der Waals surface area contributed by atoms with Gasteiger partial charge in [0.2, 0.25) is 0 Å². The molecule has 0 bridgehead atoms. The summed E-state index contributed by atoms with van der Waals surface area (Å²) < 4.78 is 0.816. The van der Waals surface area contributed by atoms with Gasteiger partial charge >= 0.3 is 0 Å². The van der Waals surface area contributed by atoms with Gasteiger partial charge in [0.15, 0.2) is 5.78 Å². The minimum Gasteiger partial charge on any atom is -0.362 e. The Bertz CT molecular complexity index is 514. The van der Waals surface area contributed by atoms with Crippen LogP contribution >= 0.6 is 15.9 Å². The van der Waals surface area contributed by atoms with Gasteiger partial charge in [-0.3, -0.25) is 4.79 Å². The number of nitrogens with one attached hydrogen (secondary N) is 1. The lowest BCUT2D eigenvalue weighted by Crippen LogP contribution is -1.94. The van der Waals surface area contributed by atoms with Gasteiger partial charge in [-0.05, 0) is 36.4 Å². The number of benzene rings is 1. The maximum absolute atomic E-state index is 11.8. The number of hydrogen-bond donors (Lipinski definition) is 1. The number of halogens is 1. The van der Waals surface area contributed by atoms with Crippen LogP contribution in [0, 0.1) is 0 Å². The van der Waals surface area contributed by atoms with Crippen LogP contribution in [0.1, 0.15) is 16.1 Å². The van der Waals surface area contributed by atoms with Crippen LogP contribution in [0.2, 0.25) is 0 Å². The number of rotatable bonds is 3. The highest BCUT2D eigenvalue weighted by atomic mass is 79.9. The molecule has 80 valence electrons. The summed E-state index contributed by atoms with van der Waals surface area (Å²) in [4.78, 5) is 14.8. The zero-order valence-corrected chi connectivity index (χ0v) is 10.1. The van der Waals surface area contributed by atoms with Crippen LogP contribution in [0.5, 0.6) is 0 Å². The molecule has 1 N–H and O–H groups in total. The number of allylic oxidation sites excluding steroid dienone is 1. The first-order chi connectivity index (χ1) is 7.77. The lowest BCUT2D eigenvalue weighted by molar-refractivity contribution is 0.104. The summed E-state index contributed by atoms with van der Waals surface area (Å²) in [6.07, 6.45) is 5.15. The van der Waals surface area contributed by atoms with Gasteiger partial charge < -0.3 is 4.98 Å². The van der Waals surface area contributed by atoms with E-state index in [9.17, 15) is 4.79 Å². The number of aromatic amines is 1.